The van der Waals surface area contributed by atoms with Crippen molar-refractivity contribution in [2.45, 2.75) is 72.6 Å². The van der Waals surface area contributed by atoms with Gasteiger partial charge in [-0.25, -0.2) is 0 Å². The van der Waals surface area contributed by atoms with E-state index in [1.165, 1.54) is 38.5 Å². The van der Waals surface area contributed by atoms with Crippen LogP contribution in [0.5, 0.6) is 0 Å². The SMILES string of the molecule is CCCC(C)CCCC(C)CC(C)CC=O. The van der Waals surface area contributed by atoms with Gasteiger partial charge >= 0.3 is 0 Å². The highest BCUT2D eigenvalue weighted by molar-refractivity contribution is 5.49. The average Bonchev–Trinajstić information content (AvgIpc) is 2.18. The van der Waals surface area contributed by atoms with Gasteiger partial charge in [0.25, 0.3) is 0 Å². The van der Waals surface area contributed by atoms with Crippen molar-refractivity contribution in [3.63, 3.8) is 0 Å². The molecule has 3 unspecified atom stereocenters. The van der Waals surface area contributed by atoms with Gasteiger partial charge in [-0.1, -0.05) is 59.8 Å². The molecule has 96 valence electrons. The van der Waals surface area contributed by atoms with Gasteiger partial charge in [0.15, 0.2) is 0 Å². The van der Waals surface area contributed by atoms with Crippen LogP contribution in [0.4, 0.5) is 0 Å². The molecule has 16 heavy (non-hydrogen) atoms. The lowest BCUT2D eigenvalue weighted by Gasteiger charge is -2.16. The highest BCUT2D eigenvalue weighted by atomic mass is 16.1. The molecule has 0 bridgehead atoms. The molecule has 0 heterocycles. The number of carbonyl (C=O) groups is 1. The molecule has 0 aliphatic carbocycles. The minimum atomic E-state index is 0.570. The molecule has 0 rings (SSSR count). The fourth-order valence-electron chi connectivity index (χ4n) is 2.52. The molecule has 0 aliphatic rings. The first-order chi connectivity index (χ1) is 7.60. The third-order valence-electron chi connectivity index (χ3n) is 3.48. The van der Waals surface area contributed by atoms with Crippen molar-refractivity contribution in [2.75, 3.05) is 0 Å². The Bertz CT molecular complexity index is 165. The molecule has 1 heteroatoms. The molecule has 0 N–H and O–H groups in total. The maximum absolute atomic E-state index is 10.4. The minimum Gasteiger partial charge on any atom is -0.303 e. The van der Waals surface area contributed by atoms with Crippen LogP contribution in [0.25, 0.3) is 0 Å². The topological polar surface area (TPSA) is 17.1 Å². The van der Waals surface area contributed by atoms with E-state index in [0.717, 1.165) is 24.5 Å². The molecule has 3 atom stereocenters. The number of rotatable bonds is 10. The van der Waals surface area contributed by atoms with Gasteiger partial charge in [0, 0.05) is 6.42 Å². The van der Waals surface area contributed by atoms with Crippen molar-refractivity contribution in [1.82, 2.24) is 0 Å². The molecule has 0 aliphatic heterocycles. The molecular formula is C15H30O. The Morgan fingerprint density at radius 1 is 0.938 bits per heavy atom. The maximum atomic E-state index is 10.4. The maximum Gasteiger partial charge on any atom is 0.120 e. The van der Waals surface area contributed by atoms with Gasteiger partial charge in [0.05, 0.1) is 0 Å². The van der Waals surface area contributed by atoms with E-state index in [-0.39, 0.29) is 0 Å². The minimum absolute atomic E-state index is 0.570. The van der Waals surface area contributed by atoms with Crippen LogP contribution in [0.1, 0.15) is 72.6 Å². The number of hydrogen-bond acceptors (Lipinski definition) is 1. The number of carbonyl (C=O) groups excluding carboxylic acids is 1. The zero-order valence-electron chi connectivity index (χ0n) is 11.7. The van der Waals surface area contributed by atoms with Crippen LogP contribution in [0.15, 0.2) is 0 Å². The largest absolute Gasteiger partial charge is 0.303 e. The Hall–Kier alpha value is -0.330. The quantitative estimate of drug-likeness (QED) is 0.487. The third kappa shape index (κ3) is 8.94. The molecular weight excluding hydrogens is 196 g/mol. The van der Waals surface area contributed by atoms with Crippen molar-refractivity contribution in [3.05, 3.63) is 0 Å². The molecule has 0 spiro atoms. The van der Waals surface area contributed by atoms with Crippen molar-refractivity contribution in [1.29, 1.82) is 0 Å². The predicted octanol–water partition coefficient (Wildman–Crippen LogP) is 4.84. The van der Waals surface area contributed by atoms with E-state index in [1.54, 1.807) is 0 Å². The summed E-state index contributed by atoms with van der Waals surface area (Å²) in [5.41, 5.74) is 0. The Kier molecular flexibility index (Phi) is 9.66. The van der Waals surface area contributed by atoms with Crippen molar-refractivity contribution < 1.29 is 4.79 Å². The van der Waals surface area contributed by atoms with E-state index in [0.29, 0.717) is 5.92 Å². The molecule has 0 radical (unpaired) electrons. The van der Waals surface area contributed by atoms with Crippen LogP contribution < -0.4 is 0 Å². The average molecular weight is 226 g/mol. The Labute approximate surface area is 102 Å². The summed E-state index contributed by atoms with van der Waals surface area (Å²) in [5, 5.41) is 0. The Balaban J connectivity index is 3.49. The van der Waals surface area contributed by atoms with Gasteiger partial charge in [-0.05, 0) is 24.2 Å². The van der Waals surface area contributed by atoms with Crippen LogP contribution in [-0.2, 0) is 4.79 Å². The fraction of sp³-hybridized carbons (Fsp3) is 0.933. The highest BCUT2D eigenvalue weighted by Gasteiger charge is 2.09. The molecule has 0 saturated carbocycles. The van der Waals surface area contributed by atoms with E-state index in [9.17, 15) is 4.79 Å². The molecule has 0 aromatic carbocycles. The smallest absolute Gasteiger partial charge is 0.120 e. The van der Waals surface area contributed by atoms with Gasteiger partial charge in [-0.15, -0.1) is 0 Å². The normalized spacial score (nSPS) is 16.8. The Morgan fingerprint density at radius 2 is 1.56 bits per heavy atom. The monoisotopic (exact) mass is 226 g/mol. The van der Waals surface area contributed by atoms with Crippen LogP contribution >= 0.6 is 0 Å². The van der Waals surface area contributed by atoms with Crippen LogP contribution in [0, 0.1) is 17.8 Å². The van der Waals surface area contributed by atoms with Gasteiger partial charge < -0.3 is 4.79 Å². The van der Waals surface area contributed by atoms with Gasteiger partial charge in [0.1, 0.15) is 6.29 Å². The van der Waals surface area contributed by atoms with E-state index >= 15 is 0 Å². The first kappa shape index (κ1) is 15.7. The third-order valence-corrected chi connectivity index (χ3v) is 3.48. The van der Waals surface area contributed by atoms with E-state index < -0.39 is 0 Å². The molecule has 0 aromatic rings. The lowest BCUT2D eigenvalue weighted by atomic mass is 9.89. The molecule has 0 amide bonds. The standard InChI is InChI=1S/C15H30O/c1-5-7-13(2)8-6-9-14(3)12-15(4)10-11-16/h11,13-15H,5-10,12H2,1-4H3. The second-order valence-corrected chi connectivity index (χ2v) is 5.67. The summed E-state index contributed by atoms with van der Waals surface area (Å²) in [6.07, 6.45) is 9.74. The van der Waals surface area contributed by atoms with Crippen molar-refractivity contribution in [2.24, 2.45) is 17.8 Å². The number of hydrogen-bond donors (Lipinski definition) is 0. The zero-order chi connectivity index (χ0) is 12.4. The van der Waals surface area contributed by atoms with E-state index in [2.05, 4.69) is 27.7 Å². The van der Waals surface area contributed by atoms with Crippen molar-refractivity contribution >= 4 is 6.29 Å². The summed E-state index contributed by atoms with van der Waals surface area (Å²) in [6.45, 7) is 9.14. The highest BCUT2D eigenvalue weighted by Crippen LogP contribution is 2.21. The van der Waals surface area contributed by atoms with E-state index in [1.807, 2.05) is 0 Å². The second-order valence-electron chi connectivity index (χ2n) is 5.67. The van der Waals surface area contributed by atoms with Crippen molar-refractivity contribution in [3.8, 4) is 0 Å². The lowest BCUT2D eigenvalue weighted by Crippen LogP contribution is -2.04. The van der Waals surface area contributed by atoms with Crippen LogP contribution in [0.3, 0.4) is 0 Å². The predicted molar refractivity (Wildman–Crippen MR) is 71.5 cm³/mol. The zero-order valence-corrected chi connectivity index (χ0v) is 11.7. The molecule has 0 fully saturated rings. The summed E-state index contributed by atoms with van der Waals surface area (Å²) < 4.78 is 0. The van der Waals surface area contributed by atoms with Gasteiger partial charge in [-0.3, -0.25) is 0 Å². The van der Waals surface area contributed by atoms with Crippen LogP contribution in [0.2, 0.25) is 0 Å². The van der Waals surface area contributed by atoms with E-state index in [4.69, 9.17) is 0 Å². The summed E-state index contributed by atoms with van der Waals surface area (Å²) in [4.78, 5) is 10.4. The lowest BCUT2D eigenvalue weighted by molar-refractivity contribution is -0.108. The second kappa shape index (κ2) is 9.86. The Morgan fingerprint density at radius 3 is 2.12 bits per heavy atom. The van der Waals surface area contributed by atoms with Crippen LogP contribution in [-0.4, -0.2) is 6.29 Å². The summed E-state index contributed by atoms with van der Waals surface area (Å²) in [7, 11) is 0. The molecule has 1 nitrogen and oxygen atoms in total. The van der Waals surface area contributed by atoms with Gasteiger partial charge in [0.2, 0.25) is 0 Å². The molecule has 0 saturated heterocycles. The summed E-state index contributed by atoms with van der Waals surface area (Å²) in [6, 6.07) is 0. The first-order valence-corrected chi connectivity index (χ1v) is 7.03. The molecule has 0 aromatic heterocycles. The number of aldehydes is 1. The summed E-state index contributed by atoms with van der Waals surface area (Å²) in [5.74, 6) is 2.24. The fourth-order valence-corrected chi connectivity index (χ4v) is 2.52. The summed E-state index contributed by atoms with van der Waals surface area (Å²) >= 11 is 0. The first-order valence-electron chi connectivity index (χ1n) is 7.03. The van der Waals surface area contributed by atoms with Gasteiger partial charge in [-0.2, -0.15) is 0 Å².